The lowest BCUT2D eigenvalue weighted by molar-refractivity contribution is -0.118. The third-order valence-electron chi connectivity index (χ3n) is 5.61. The van der Waals surface area contributed by atoms with E-state index >= 15 is 0 Å². The van der Waals surface area contributed by atoms with Gasteiger partial charge in [0.15, 0.2) is 17.3 Å². The monoisotopic (exact) mass is 406 g/mol. The van der Waals surface area contributed by atoms with Gasteiger partial charge in [0.25, 0.3) is 0 Å². The van der Waals surface area contributed by atoms with Crippen molar-refractivity contribution < 1.29 is 14.3 Å². The van der Waals surface area contributed by atoms with E-state index < -0.39 is 0 Å². The average Bonchev–Trinajstić information content (AvgIpc) is 2.83. The summed E-state index contributed by atoms with van der Waals surface area (Å²) in [4.78, 5) is 13.4. The van der Waals surface area contributed by atoms with Crippen LogP contribution in [0, 0.1) is 5.41 Å². The fraction of sp³-hybridized carbons (Fsp3) is 0.400. The number of ether oxygens (including phenoxy) is 2. The van der Waals surface area contributed by atoms with E-state index in [2.05, 4.69) is 24.5 Å². The summed E-state index contributed by atoms with van der Waals surface area (Å²) in [7, 11) is 1.64. The molecule has 158 valence electrons. The minimum Gasteiger partial charge on any atom is -0.493 e. The smallest absolute Gasteiger partial charge is 0.167 e. The van der Waals surface area contributed by atoms with Crippen LogP contribution in [0.4, 0.5) is 11.4 Å². The van der Waals surface area contributed by atoms with Gasteiger partial charge in [-0.3, -0.25) is 4.79 Å². The highest BCUT2D eigenvalue weighted by Crippen LogP contribution is 2.48. The quantitative estimate of drug-likeness (QED) is 0.682. The maximum atomic E-state index is 13.4. The van der Waals surface area contributed by atoms with Gasteiger partial charge >= 0.3 is 0 Å². The predicted molar refractivity (Wildman–Crippen MR) is 120 cm³/mol. The number of para-hydroxylation sites is 3. The number of allylic oxidation sites excluding steroid dienone is 1. The van der Waals surface area contributed by atoms with Gasteiger partial charge in [0.05, 0.1) is 30.6 Å². The van der Waals surface area contributed by atoms with E-state index in [-0.39, 0.29) is 23.3 Å². The number of carbonyl (C=O) groups excluding carboxylic acids is 1. The Morgan fingerprint density at radius 1 is 1.03 bits per heavy atom. The molecule has 5 nitrogen and oxygen atoms in total. The van der Waals surface area contributed by atoms with Crippen molar-refractivity contribution in [1.29, 1.82) is 0 Å². The lowest BCUT2D eigenvalue weighted by Gasteiger charge is -2.34. The van der Waals surface area contributed by atoms with Crippen molar-refractivity contribution in [1.82, 2.24) is 0 Å². The zero-order chi connectivity index (χ0) is 21.5. The standard InChI is InChI=1S/C25H30N2O3/c1-15(2)30-24-16(9-8-12-21(24)29-5)23-22-19(13-25(3,4)14-20(22)28)26-17-10-6-7-11-18(17)27-23/h6-12,15,23,26-27H,13-14H2,1-5H3. The molecule has 5 heteroatoms. The lowest BCUT2D eigenvalue weighted by atomic mass is 9.73. The highest BCUT2D eigenvalue weighted by Gasteiger charge is 2.39. The number of methoxy groups -OCH3 is 1. The molecule has 2 N–H and O–H groups in total. The maximum absolute atomic E-state index is 13.4. The molecule has 0 spiro atoms. The van der Waals surface area contributed by atoms with Crippen LogP contribution in [0.25, 0.3) is 0 Å². The summed E-state index contributed by atoms with van der Waals surface area (Å²) in [5.41, 5.74) is 4.53. The van der Waals surface area contributed by atoms with Gasteiger partial charge in [-0.25, -0.2) is 0 Å². The second kappa shape index (κ2) is 7.71. The highest BCUT2D eigenvalue weighted by molar-refractivity contribution is 6.01. The van der Waals surface area contributed by atoms with Crippen molar-refractivity contribution in [3.8, 4) is 11.5 Å². The first-order chi connectivity index (χ1) is 14.3. The van der Waals surface area contributed by atoms with E-state index in [1.807, 2.05) is 56.3 Å². The second-order valence-corrected chi connectivity index (χ2v) is 9.13. The van der Waals surface area contributed by atoms with Crippen LogP contribution in [0.1, 0.15) is 52.1 Å². The number of Topliss-reactive ketones (excluding diaryl/α,β-unsaturated/α-hetero) is 1. The largest absolute Gasteiger partial charge is 0.493 e. The SMILES string of the molecule is COc1cccc(C2Nc3ccccc3NC3=C2C(=O)CC(C)(C)C3)c1OC(C)C. The number of hydrogen-bond donors (Lipinski definition) is 2. The second-order valence-electron chi connectivity index (χ2n) is 9.13. The van der Waals surface area contributed by atoms with Gasteiger partial charge in [0.1, 0.15) is 0 Å². The molecule has 0 saturated heterocycles. The van der Waals surface area contributed by atoms with E-state index in [4.69, 9.17) is 9.47 Å². The number of benzene rings is 2. The molecule has 2 aromatic carbocycles. The maximum Gasteiger partial charge on any atom is 0.167 e. The molecule has 0 fully saturated rings. The first kappa shape index (κ1) is 20.3. The van der Waals surface area contributed by atoms with E-state index in [1.165, 1.54) is 0 Å². The zero-order valence-corrected chi connectivity index (χ0v) is 18.3. The Morgan fingerprint density at radius 3 is 2.47 bits per heavy atom. The number of carbonyl (C=O) groups is 1. The van der Waals surface area contributed by atoms with Crippen LogP contribution >= 0.6 is 0 Å². The first-order valence-electron chi connectivity index (χ1n) is 10.5. The van der Waals surface area contributed by atoms with Crippen LogP contribution in [-0.4, -0.2) is 19.0 Å². The molecule has 0 saturated carbocycles. The van der Waals surface area contributed by atoms with Crippen LogP contribution in [0.2, 0.25) is 0 Å². The van der Waals surface area contributed by atoms with Crippen molar-refractivity contribution in [2.45, 2.75) is 52.7 Å². The summed E-state index contributed by atoms with van der Waals surface area (Å²) in [6, 6.07) is 13.6. The Balaban J connectivity index is 1.93. The zero-order valence-electron chi connectivity index (χ0n) is 18.3. The van der Waals surface area contributed by atoms with Crippen molar-refractivity contribution in [3.63, 3.8) is 0 Å². The summed E-state index contributed by atoms with van der Waals surface area (Å²) in [5.74, 6) is 1.51. The van der Waals surface area contributed by atoms with Crippen LogP contribution < -0.4 is 20.1 Å². The molecule has 1 unspecified atom stereocenters. The number of ketones is 1. The highest BCUT2D eigenvalue weighted by atomic mass is 16.5. The fourth-order valence-electron chi connectivity index (χ4n) is 4.41. The van der Waals surface area contributed by atoms with Gasteiger partial charge in [0.2, 0.25) is 0 Å². The van der Waals surface area contributed by atoms with Crippen LogP contribution in [0.5, 0.6) is 11.5 Å². The normalized spacial score (nSPS) is 19.9. The summed E-state index contributed by atoms with van der Waals surface area (Å²) in [6.07, 6.45) is 1.31. The van der Waals surface area contributed by atoms with Crippen LogP contribution in [0.15, 0.2) is 53.7 Å². The Hall–Kier alpha value is -2.95. The number of nitrogens with one attached hydrogen (secondary N) is 2. The van der Waals surface area contributed by atoms with Gasteiger partial charge in [0, 0.05) is 23.3 Å². The third-order valence-corrected chi connectivity index (χ3v) is 5.61. The minimum atomic E-state index is -0.330. The van der Waals surface area contributed by atoms with E-state index in [0.29, 0.717) is 17.9 Å². The molecule has 1 aliphatic heterocycles. The third kappa shape index (κ3) is 3.76. The minimum absolute atomic E-state index is 0.0225. The Kier molecular flexibility index (Phi) is 5.22. The molecule has 1 heterocycles. The molecule has 1 atom stereocenters. The first-order valence-corrected chi connectivity index (χ1v) is 10.5. The van der Waals surface area contributed by atoms with Crippen molar-refractivity contribution in [2.24, 2.45) is 5.41 Å². The molecular weight excluding hydrogens is 376 g/mol. The van der Waals surface area contributed by atoms with E-state index in [0.717, 1.165) is 34.6 Å². The number of hydrogen-bond acceptors (Lipinski definition) is 5. The summed E-state index contributed by atoms with van der Waals surface area (Å²) < 4.78 is 11.8. The van der Waals surface area contributed by atoms with Crippen molar-refractivity contribution in [3.05, 3.63) is 59.3 Å². The molecule has 1 aliphatic carbocycles. The topological polar surface area (TPSA) is 59.6 Å². The molecular formula is C25H30N2O3. The molecule has 2 aliphatic rings. The molecule has 30 heavy (non-hydrogen) atoms. The number of anilines is 2. The molecule has 0 aromatic heterocycles. The predicted octanol–water partition coefficient (Wildman–Crippen LogP) is 5.70. The Bertz CT molecular complexity index is 1010. The molecule has 0 bridgehead atoms. The number of fused-ring (bicyclic) bond motifs is 1. The van der Waals surface area contributed by atoms with Gasteiger partial charge < -0.3 is 20.1 Å². The molecule has 2 aromatic rings. The molecule has 0 amide bonds. The molecule has 4 rings (SSSR count). The van der Waals surface area contributed by atoms with Crippen LogP contribution in [-0.2, 0) is 4.79 Å². The number of rotatable bonds is 4. The van der Waals surface area contributed by atoms with Gasteiger partial charge in [-0.1, -0.05) is 38.1 Å². The fourth-order valence-corrected chi connectivity index (χ4v) is 4.41. The summed E-state index contributed by atoms with van der Waals surface area (Å²) in [6.45, 7) is 8.28. The van der Waals surface area contributed by atoms with Crippen LogP contribution in [0.3, 0.4) is 0 Å². The summed E-state index contributed by atoms with van der Waals surface area (Å²) in [5, 5.41) is 7.18. The van der Waals surface area contributed by atoms with Gasteiger partial charge in [-0.2, -0.15) is 0 Å². The average molecular weight is 407 g/mol. The van der Waals surface area contributed by atoms with Gasteiger partial charge in [-0.15, -0.1) is 0 Å². The van der Waals surface area contributed by atoms with Gasteiger partial charge in [-0.05, 0) is 43.9 Å². The van der Waals surface area contributed by atoms with Crippen molar-refractivity contribution in [2.75, 3.05) is 17.7 Å². The lowest BCUT2D eigenvalue weighted by Crippen LogP contribution is -2.31. The van der Waals surface area contributed by atoms with E-state index in [1.54, 1.807) is 7.11 Å². The van der Waals surface area contributed by atoms with E-state index in [9.17, 15) is 4.79 Å². The Morgan fingerprint density at radius 2 is 1.77 bits per heavy atom. The molecule has 0 radical (unpaired) electrons. The van der Waals surface area contributed by atoms with Crippen molar-refractivity contribution >= 4 is 17.2 Å². The Labute approximate surface area is 178 Å². The summed E-state index contributed by atoms with van der Waals surface area (Å²) >= 11 is 0.